The van der Waals surface area contributed by atoms with Gasteiger partial charge in [-0.05, 0) is 6.92 Å². The molecule has 2 aliphatic heterocycles. The Morgan fingerprint density at radius 3 is 2.68 bits per heavy atom. The first-order valence-electron chi connectivity index (χ1n) is 6.85. The van der Waals surface area contributed by atoms with E-state index in [0.29, 0.717) is 11.9 Å². The average Bonchev–Trinajstić information content (AvgIpc) is 2.37. The van der Waals surface area contributed by atoms with Gasteiger partial charge in [-0.25, -0.2) is 4.98 Å². The van der Waals surface area contributed by atoms with E-state index in [1.165, 1.54) is 0 Å². The molecule has 0 saturated carbocycles. The zero-order valence-corrected chi connectivity index (χ0v) is 11.6. The van der Waals surface area contributed by atoms with Crippen LogP contribution in [-0.2, 0) is 0 Å². The van der Waals surface area contributed by atoms with Crippen molar-refractivity contribution in [3.05, 3.63) is 11.8 Å². The Bertz CT molecular complexity index is 441. The summed E-state index contributed by atoms with van der Waals surface area (Å²) in [6.07, 6.45) is 0. The van der Waals surface area contributed by atoms with E-state index in [9.17, 15) is 0 Å². The van der Waals surface area contributed by atoms with Crippen LogP contribution < -0.4 is 15.0 Å². The standard InChI is InChI=1S/C13H21N5O/c1-10-7-12(19-2)16-13(15-10)18-8-11(9-18)17-5-3-14-4-6-17/h7,11,14H,3-6,8-9H2,1-2H3. The van der Waals surface area contributed by atoms with Gasteiger partial charge in [0.15, 0.2) is 0 Å². The Kier molecular flexibility index (Phi) is 3.52. The molecule has 19 heavy (non-hydrogen) atoms. The topological polar surface area (TPSA) is 53.5 Å². The van der Waals surface area contributed by atoms with Crippen molar-refractivity contribution in [3.63, 3.8) is 0 Å². The third-order valence-electron chi connectivity index (χ3n) is 3.84. The summed E-state index contributed by atoms with van der Waals surface area (Å²) in [7, 11) is 1.64. The molecule has 3 heterocycles. The van der Waals surface area contributed by atoms with Crippen LogP contribution in [0.15, 0.2) is 6.07 Å². The lowest BCUT2D eigenvalue weighted by Crippen LogP contribution is -2.63. The van der Waals surface area contributed by atoms with Gasteiger partial charge in [0, 0.05) is 57.1 Å². The second kappa shape index (κ2) is 5.30. The van der Waals surface area contributed by atoms with Crippen LogP contribution in [-0.4, -0.2) is 67.3 Å². The number of piperazine rings is 1. The number of aromatic nitrogens is 2. The lowest BCUT2D eigenvalue weighted by atomic mass is 10.1. The highest BCUT2D eigenvalue weighted by Crippen LogP contribution is 2.23. The average molecular weight is 263 g/mol. The van der Waals surface area contributed by atoms with Gasteiger partial charge < -0.3 is 15.0 Å². The predicted molar refractivity (Wildman–Crippen MR) is 73.8 cm³/mol. The first-order valence-corrected chi connectivity index (χ1v) is 6.85. The minimum absolute atomic E-state index is 0.646. The van der Waals surface area contributed by atoms with E-state index in [2.05, 4.69) is 25.1 Å². The van der Waals surface area contributed by atoms with Gasteiger partial charge in [-0.15, -0.1) is 0 Å². The summed E-state index contributed by atoms with van der Waals surface area (Å²) in [5.41, 5.74) is 0.951. The van der Waals surface area contributed by atoms with Crippen molar-refractivity contribution in [1.29, 1.82) is 0 Å². The number of nitrogens with zero attached hydrogens (tertiary/aromatic N) is 4. The number of aryl methyl sites for hydroxylation is 1. The van der Waals surface area contributed by atoms with Crippen molar-refractivity contribution >= 4 is 5.95 Å². The van der Waals surface area contributed by atoms with Crippen LogP contribution in [0.2, 0.25) is 0 Å². The molecule has 1 N–H and O–H groups in total. The molecule has 2 fully saturated rings. The molecule has 2 aliphatic rings. The summed E-state index contributed by atoms with van der Waals surface area (Å²) in [5.74, 6) is 1.44. The molecule has 6 heteroatoms. The van der Waals surface area contributed by atoms with E-state index in [1.54, 1.807) is 7.11 Å². The number of nitrogens with one attached hydrogen (secondary N) is 1. The molecule has 3 rings (SSSR count). The summed E-state index contributed by atoms with van der Waals surface area (Å²) in [5, 5.41) is 3.39. The summed E-state index contributed by atoms with van der Waals surface area (Å²) in [6.45, 7) is 8.52. The van der Waals surface area contributed by atoms with Crippen molar-refractivity contribution in [3.8, 4) is 5.88 Å². The Hall–Kier alpha value is -1.40. The molecule has 0 amide bonds. The van der Waals surface area contributed by atoms with Crippen LogP contribution in [0.3, 0.4) is 0 Å². The quantitative estimate of drug-likeness (QED) is 0.821. The molecule has 1 aromatic rings. The second-order valence-corrected chi connectivity index (χ2v) is 5.20. The molecular formula is C13H21N5O. The van der Waals surface area contributed by atoms with E-state index in [0.717, 1.165) is 50.9 Å². The van der Waals surface area contributed by atoms with Gasteiger partial charge in [-0.3, -0.25) is 4.90 Å². The Labute approximate surface area is 113 Å². The van der Waals surface area contributed by atoms with Gasteiger partial charge in [0.2, 0.25) is 11.8 Å². The fourth-order valence-electron chi connectivity index (χ4n) is 2.67. The fraction of sp³-hybridized carbons (Fsp3) is 0.692. The molecule has 0 atom stereocenters. The normalized spacial score (nSPS) is 21.3. The number of methoxy groups -OCH3 is 1. The minimum atomic E-state index is 0.646. The maximum Gasteiger partial charge on any atom is 0.228 e. The van der Waals surface area contributed by atoms with E-state index in [1.807, 2.05) is 13.0 Å². The number of hydrogen-bond donors (Lipinski definition) is 1. The van der Waals surface area contributed by atoms with Crippen molar-refractivity contribution < 1.29 is 4.74 Å². The smallest absolute Gasteiger partial charge is 0.228 e. The van der Waals surface area contributed by atoms with Gasteiger partial charge in [-0.2, -0.15) is 4.98 Å². The SMILES string of the molecule is COc1cc(C)nc(N2CC(N3CCNCC3)C2)n1. The van der Waals surface area contributed by atoms with Crippen LogP contribution >= 0.6 is 0 Å². The van der Waals surface area contributed by atoms with E-state index < -0.39 is 0 Å². The molecule has 0 aliphatic carbocycles. The summed E-state index contributed by atoms with van der Waals surface area (Å²) >= 11 is 0. The fourth-order valence-corrected chi connectivity index (χ4v) is 2.67. The second-order valence-electron chi connectivity index (χ2n) is 5.20. The third kappa shape index (κ3) is 2.64. The zero-order chi connectivity index (χ0) is 13.2. The van der Waals surface area contributed by atoms with Gasteiger partial charge in [0.25, 0.3) is 0 Å². The molecule has 104 valence electrons. The largest absolute Gasteiger partial charge is 0.481 e. The highest BCUT2D eigenvalue weighted by molar-refractivity contribution is 5.38. The summed E-state index contributed by atoms with van der Waals surface area (Å²) < 4.78 is 5.20. The number of hydrogen-bond acceptors (Lipinski definition) is 6. The first-order chi connectivity index (χ1) is 9.26. The highest BCUT2D eigenvalue weighted by Gasteiger charge is 2.33. The zero-order valence-electron chi connectivity index (χ0n) is 11.6. The van der Waals surface area contributed by atoms with Crippen LogP contribution in [0.4, 0.5) is 5.95 Å². The predicted octanol–water partition coefficient (Wildman–Crippen LogP) is -0.113. The maximum absolute atomic E-state index is 5.20. The molecule has 0 aromatic carbocycles. The van der Waals surface area contributed by atoms with Crippen LogP contribution in [0.1, 0.15) is 5.69 Å². The first kappa shape index (κ1) is 12.6. The van der Waals surface area contributed by atoms with Crippen molar-refractivity contribution in [2.24, 2.45) is 0 Å². The molecule has 0 radical (unpaired) electrons. The minimum Gasteiger partial charge on any atom is -0.481 e. The van der Waals surface area contributed by atoms with Crippen LogP contribution in [0, 0.1) is 6.92 Å². The molecule has 0 unspecified atom stereocenters. The molecule has 6 nitrogen and oxygen atoms in total. The summed E-state index contributed by atoms with van der Waals surface area (Å²) in [4.78, 5) is 13.7. The monoisotopic (exact) mass is 263 g/mol. The van der Waals surface area contributed by atoms with Gasteiger partial charge in [-0.1, -0.05) is 0 Å². The number of rotatable bonds is 3. The van der Waals surface area contributed by atoms with E-state index >= 15 is 0 Å². The molecular weight excluding hydrogens is 242 g/mol. The van der Waals surface area contributed by atoms with E-state index in [4.69, 9.17) is 4.74 Å². The van der Waals surface area contributed by atoms with Gasteiger partial charge in [0.05, 0.1) is 7.11 Å². The molecule has 0 bridgehead atoms. The molecule has 1 aromatic heterocycles. The molecule has 0 spiro atoms. The Morgan fingerprint density at radius 2 is 2.00 bits per heavy atom. The van der Waals surface area contributed by atoms with Crippen LogP contribution in [0.5, 0.6) is 5.88 Å². The van der Waals surface area contributed by atoms with Gasteiger partial charge in [0.1, 0.15) is 0 Å². The van der Waals surface area contributed by atoms with Crippen LogP contribution in [0.25, 0.3) is 0 Å². The number of anilines is 1. The lowest BCUT2D eigenvalue weighted by Gasteiger charge is -2.46. The number of ether oxygens (including phenoxy) is 1. The van der Waals surface area contributed by atoms with Gasteiger partial charge >= 0.3 is 0 Å². The maximum atomic E-state index is 5.20. The van der Waals surface area contributed by atoms with Crippen molar-refractivity contribution in [1.82, 2.24) is 20.2 Å². The molecule has 2 saturated heterocycles. The Balaban J connectivity index is 1.62. The summed E-state index contributed by atoms with van der Waals surface area (Å²) in [6, 6.07) is 2.51. The van der Waals surface area contributed by atoms with Crippen molar-refractivity contribution in [2.45, 2.75) is 13.0 Å². The lowest BCUT2D eigenvalue weighted by molar-refractivity contribution is 0.146. The third-order valence-corrected chi connectivity index (χ3v) is 3.84. The van der Waals surface area contributed by atoms with Crippen molar-refractivity contribution in [2.75, 3.05) is 51.3 Å². The highest BCUT2D eigenvalue weighted by atomic mass is 16.5. The van der Waals surface area contributed by atoms with E-state index in [-0.39, 0.29) is 0 Å². The Morgan fingerprint density at radius 1 is 1.26 bits per heavy atom.